The molecule has 0 fully saturated rings. The second-order valence-electron chi connectivity index (χ2n) is 4.74. The fourth-order valence-electron chi connectivity index (χ4n) is 1.47. The minimum Gasteiger partial charge on any atom is -0.296 e. The molecule has 88 valence electrons. The van der Waals surface area contributed by atoms with E-state index in [-0.39, 0.29) is 5.60 Å². The molecular weight excluding hydrogens is 222 g/mol. The van der Waals surface area contributed by atoms with Gasteiger partial charge in [-0.3, -0.25) is 9.24 Å². The Bertz CT molecular complexity index is 481. The van der Waals surface area contributed by atoms with Gasteiger partial charge in [0.2, 0.25) is 0 Å². The predicted molar refractivity (Wildman–Crippen MR) is 65.5 cm³/mol. The van der Waals surface area contributed by atoms with E-state index in [1.807, 2.05) is 39.3 Å². The molecule has 0 atom stereocenters. The molecule has 0 saturated heterocycles. The number of nitrogens with zero attached hydrogens (tertiary/aromatic N) is 2. The van der Waals surface area contributed by atoms with Gasteiger partial charge < -0.3 is 0 Å². The third kappa shape index (κ3) is 2.42. The lowest BCUT2D eigenvalue weighted by atomic mass is 10.2. The smallest absolute Gasteiger partial charge is 0.194 e. The quantitative estimate of drug-likeness (QED) is 0.836. The van der Waals surface area contributed by atoms with Crippen molar-refractivity contribution in [3.63, 3.8) is 0 Å². The van der Waals surface area contributed by atoms with Gasteiger partial charge in [0.15, 0.2) is 4.96 Å². The van der Waals surface area contributed by atoms with Crippen molar-refractivity contribution in [2.75, 3.05) is 0 Å². The Balaban J connectivity index is 2.09. The number of imidazole rings is 1. The Morgan fingerprint density at radius 1 is 1.50 bits per heavy atom. The van der Waals surface area contributed by atoms with Gasteiger partial charge in [-0.15, -0.1) is 11.3 Å². The summed E-state index contributed by atoms with van der Waals surface area (Å²) in [5.74, 6) is 0. The van der Waals surface area contributed by atoms with Crippen LogP contribution in [0.25, 0.3) is 4.96 Å². The molecule has 0 bridgehead atoms. The highest BCUT2D eigenvalue weighted by atomic mass is 32.1. The van der Waals surface area contributed by atoms with Crippen molar-refractivity contribution in [1.82, 2.24) is 14.9 Å². The Morgan fingerprint density at radius 2 is 2.25 bits per heavy atom. The van der Waals surface area contributed by atoms with E-state index in [1.54, 1.807) is 11.3 Å². The number of nitrogens with one attached hydrogen (secondary N) is 1. The van der Waals surface area contributed by atoms with Crippen molar-refractivity contribution >= 4 is 16.3 Å². The van der Waals surface area contributed by atoms with Crippen molar-refractivity contribution in [2.45, 2.75) is 39.8 Å². The van der Waals surface area contributed by atoms with Gasteiger partial charge in [-0.1, -0.05) is 0 Å². The molecule has 0 aliphatic heterocycles. The molecule has 0 unspecified atom stereocenters. The molecule has 0 aliphatic carbocycles. The molecule has 2 rings (SSSR count). The zero-order chi connectivity index (χ0) is 11.8. The third-order valence-electron chi connectivity index (χ3n) is 2.18. The Hall–Kier alpha value is -0.910. The van der Waals surface area contributed by atoms with Crippen molar-refractivity contribution in [1.29, 1.82) is 0 Å². The normalized spacial score (nSPS) is 12.5. The number of aryl methyl sites for hydroxylation is 1. The zero-order valence-corrected chi connectivity index (χ0v) is 10.9. The summed E-state index contributed by atoms with van der Waals surface area (Å²) in [6.45, 7) is 8.74. The van der Waals surface area contributed by atoms with Gasteiger partial charge in [0.1, 0.15) is 0 Å². The van der Waals surface area contributed by atoms with E-state index >= 15 is 0 Å². The van der Waals surface area contributed by atoms with Crippen molar-refractivity contribution in [3.05, 3.63) is 23.0 Å². The molecule has 2 aromatic rings. The summed E-state index contributed by atoms with van der Waals surface area (Å²) in [6, 6.07) is 0. The lowest BCUT2D eigenvalue weighted by Crippen LogP contribution is -2.29. The van der Waals surface area contributed by atoms with E-state index in [4.69, 9.17) is 4.84 Å². The Kier molecular flexibility index (Phi) is 3.01. The van der Waals surface area contributed by atoms with Crippen LogP contribution in [0.1, 0.15) is 32.2 Å². The largest absolute Gasteiger partial charge is 0.296 e. The van der Waals surface area contributed by atoms with Crippen LogP contribution in [-0.2, 0) is 11.4 Å². The molecule has 1 N–H and O–H groups in total. The fraction of sp³-hybridized carbons (Fsp3) is 0.545. The van der Waals surface area contributed by atoms with Gasteiger partial charge >= 0.3 is 0 Å². The van der Waals surface area contributed by atoms with Gasteiger partial charge in [0.25, 0.3) is 0 Å². The van der Waals surface area contributed by atoms with Crippen LogP contribution >= 0.6 is 11.3 Å². The van der Waals surface area contributed by atoms with Crippen molar-refractivity contribution in [2.24, 2.45) is 0 Å². The van der Waals surface area contributed by atoms with Gasteiger partial charge in [-0.2, -0.15) is 5.48 Å². The van der Waals surface area contributed by atoms with Gasteiger partial charge in [-0.05, 0) is 27.7 Å². The number of thiazole rings is 1. The predicted octanol–water partition coefficient (Wildman–Crippen LogP) is 2.52. The third-order valence-corrected chi connectivity index (χ3v) is 2.94. The summed E-state index contributed by atoms with van der Waals surface area (Å²) in [7, 11) is 0. The molecule has 0 aliphatic rings. The van der Waals surface area contributed by atoms with Gasteiger partial charge in [0.05, 0.1) is 23.5 Å². The molecule has 0 saturated carbocycles. The lowest BCUT2D eigenvalue weighted by Gasteiger charge is -2.19. The van der Waals surface area contributed by atoms with E-state index in [0.29, 0.717) is 6.54 Å². The minimum absolute atomic E-state index is 0.174. The number of hydroxylamine groups is 1. The summed E-state index contributed by atoms with van der Waals surface area (Å²) in [5, 5.41) is 2.04. The van der Waals surface area contributed by atoms with Crippen LogP contribution in [0.2, 0.25) is 0 Å². The van der Waals surface area contributed by atoms with Crippen LogP contribution in [-0.4, -0.2) is 15.0 Å². The van der Waals surface area contributed by atoms with Crippen LogP contribution in [0.15, 0.2) is 11.6 Å². The molecule has 16 heavy (non-hydrogen) atoms. The average Bonchev–Trinajstić information content (AvgIpc) is 2.67. The topological polar surface area (TPSA) is 38.6 Å². The first kappa shape index (κ1) is 11.6. The second kappa shape index (κ2) is 4.16. The fourth-order valence-corrected chi connectivity index (χ4v) is 2.25. The Labute approximate surface area is 99.2 Å². The van der Waals surface area contributed by atoms with Gasteiger partial charge in [-0.25, -0.2) is 4.98 Å². The highest BCUT2D eigenvalue weighted by Gasteiger charge is 2.12. The van der Waals surface area contributed by atoms with Crippen LogP contribution < -0.4 is 5.48 Å². The summed E-state index contributed by atoms with van der Waals surface area (Å²) < 4.78 is 2.10. The number of fused-ring (bicyclic) bond motifs is 1. The molecule has 0 amide bonds. The van der Waals surface area contributed by atoms with Crippen molar-refractivity contribution < 1.29 is 4.84 Å². The molecule has 4 nitrogen and oxygen atoms in total. The first-order chi connectivity index (χ1) is 7.47. The minimum atomic E-state index is -0.174. The highest BCUT2D eigenvalue weighted by Crippen LogP contribution is 2.16. The summed E-state index contributed by atoms with van der Waals surface area (Å²) in [5.41, 5.74) is 5.03. The first-order valence-corrected chi connectivity index (χ1v) is 6.17. The van der Waals surface area contributed by atoms with E-state index in [2.05, 4.69) is 14.9 Å². The first-order valence-electron chi connectivity index (χ1n) is 5.29. The van der Waals surface area contributed by atoms with Crippen LogP contribution in [0.5, 0.6) is 0 Å². The maximum atomic E-state index is 5.50. The van der Waals surface area contributed by atoms with Gasteiger partial charge in [0, 0.05) is 11.6 Å². The number of hydrogen-bond acceptors (Lipinski definition) is 4. The Morgan fingerprint density at radius 3 is 2.94 bits per heavy atom. The SMILES string of the molecule is Cc1nc2sccn2c1CNOC(C)(C)C. The summed E-state index contributed by atoms with van der Waals surface area (Å²) in [6.07, 6.45) is 2.04. The molecule has 0 radical (unpaired) electrons. The van der Waals surface area contributed by atoms with Crippen molar-refractivity contribution in [3.8, 4) is 0 Å². The number of rotatable bonds is 3. The molecule has 5 heteroatoms. The number of hydrogen-bond donors (Lipinski definition) is 1. The van der Waals surface area contributed by atoms with E-state index in [1.165, 1.54) is 0 Å². The molecule has 2 aromatic heterocycles. The maximum absolute atomic E-state index is 5.50. The summed E-state index contributed by atoms with van der Waals surface area (Å²) >= 11 is 1.64. The monoisotopic (exact) mass is 239 g/mol. The van der Waals surface area contributed by atoms with E-state index < -0.39 is 0 Å². The molecule has 0 aromatic carbocycles. The molecular formula is C11H17N3OS. The lowest BCUT2D eigenvalue weighted by molar-refractivity contribution is -0.0762. The van der Waals surface area contributed by atoms with E-state index in [9.17, 15) is 0 Å². The van der Waals surface area contributed by atoms with Crippen LogP contribution in [0, 0.1) is 6.92 Å². The molecule has 2 heterocycles. The van der Waals surface area contributed by atoms with Crippen LogP contribution in [0.3, 0.4) is 0 Å². The summed E-state index contributed by atoms with van der Waals surface area (Å²) in [4.78, 5) is 11.0. The second-order valence-corrected chi connectivity index (χ2v) is 5.61. The average molecular weight is 239 g/mol. The van der Waals surface area contributed by atoms with Crippen LogP contribution in [0.4, 0.5) is 0 Å². The molecule has 0 spiro atoms. The highest BCUT2D eigenvalue weighted by molar-refractivity contribution is 7.15. The maximum Gasteiger partial charge on any atom is 0.194 e. The van der Waals surface area contributed by atoms with E-state index in [0.717, 1.165) is 16.3 Å². The zero-order valence-electron chi connectivity index (χ0n) is 10.1. The number of aromatic nitrogens is 2. The standard InChI is InChI=1S/C11H17N3OS/c1-8-9(7-12-15-11(2,3)4)14-5-6-16-10(14)13-8/h5-6,12H,7H2,1-4H3.